The van der Waals surface area contributed by atoms with Gasteiger partial charge >= 0.3 is 0 Å². The van der Waals surface area contributed by atoms with Crippen molar-refractivity contribution in [3.05, 3.63) is 36.2 Å². The lowest BCUT2D eigenvalue weighted by atomic mass is 10.1. The van der Waals surface area contributed by atoms with E-state index in [1.54, 1.807) is 0 Å². The highest BCUT2D eigenvalue weighted by Crippen LogP contribution is 2.17. The number of nitrogens with one attached hydrogen (secondary N) is 1. The second-order valence-corrected chi connectivity index (χ2v) is 2.78. The van der Waals surface area contributed by atoms with Gasteiger partial charge in [-0.2, -0.15) is 0 Å². The molecule has 0 fully saturated rings. The Kier molecular flexibility index (Phi) is 2.48. The third-order valence-corrected chi connectivity index (χ3v) is 1.72. The van der Waals surface area contributed by atoms with Crippen molar-refractivity contribution in [3.8, 4) is 0 Å². The van der Waals surface area contributed by atoms with Crippen LogP contribution in [0.25, 0.3) is 0 Å². The molecule has 1 aromatic carbocycles. The molecule has 0 aromatic heterocycles. The lowest BCUT2D eigenvalue weighted by molar-refractivity contribution is -0.114. The summed E-state index contributed by atoms with van der Waals surface area (Å²) in [4.78, 5) is 10.7. The van der Waals surface area contributed by atoms with Gasteiger partial charge in [0.15, 0.2) is 0 Å². The molecule has 0 aliphatic carbocycles. The van der Waals surface area contributed by atoms with Crippen molar-refractivity contribution in [2.45, 2.75) is 13.8 Å². The highest BCUT2D eigenvalue weighted by Gasteiger charge is 2.00. The molecular weight excluding hydrogens is 150 g/mol. The van der Waals surface area contributed by atoms with Gasteiger partial charge in [0.1, 0.15) is 0 Å². The van der Waals surface area contributed by atoms with E-state index in [2.05, 4.69) is 12.2 Å². The Morgan fingerprint density at radius 2 is 2.17 bits per heavy atom. The van der Waals surface area contributed by atoms with E-state index in [9.17, 15) is 4.79 Å². The summed E-state index contributed by atoms with van der Waals surface area (Å²) in [6.07, 6.45) is 0. The summed E-state index contributed by atoms with van der Waals surface area (Å²) in [6, 6.07) is 5.71. The van der Waals surface area contributed by atoms with Crippen LogP contribution in [0.3, 0.4) is 0 Å². The summed E-state index contributed by atoms with van der Waals surface area (Å²) in [7, 11) is 0. The summed E-state index contributed by atoms with van der Waals surface area (Å²) in [5, 5.41) is 2.71. The Balaban J connectivity index is 3.00. The van der Waals surface area contributed by atoms with Crippen molar-refractivity contribution >= 4 is 11.6 Å². The van der Waals surface area contributed by atoms with Crippen LogP contribution in [0.2, 0.25) is 0 Å². The van der Waals surface area contributed by atoms with Crippen LogP contribution in [0.5, 0.6) is 0 Å². The number of aryl methyl sites for hydroxylation is 1. The molecule has 0 spiro atoms. The fourth-order valence-electron chi connectivity index (χ4n) is 1.01. The Morgan fingerprint density at radius 1 is 1.50 bits per heavy atom. The van der Waals surface area contributed by atoms with Crippen LogP contribution in [0, 0.1) is 13.8 Å². The summed E-state index contributed by atoms with van der Waals surface area (Å²) in [5.74, 6) is -0.0644. The van der Waals surface area contributed by atoms with Crippen LogP contribution in [-0.2, 0) is 4.79 Å². The molecule has 0 heterocycles. The summed E-state index contributed by atoms with van der Waals surface area (Å²) in [5.41, 5.74) is 2.76. The van der Waals surface area contributed by atoms with Gasteiger partial charge < -0.3 is 5.32 Å². The standard InChI is InChI=1S/C10H12NO/c1-7-5-4-6-10(8(7)2)11-9(3)12/h4-6H,2H2,1,3H3,(H,11,12). The van der Waals surface area contributed by atoms with E-state index < -0.39 is 0 Å². The number of anilines is 1. The van der Waals surface area contributed by atoms with E-state index in [-0.39, 0.29) is 5.91 Å². The second kappa shape index (κ2) is 3.39. The first-order valence-electron chi connectivity index (χ1n) is 3.80. The second-order valence-electron chi connectivity index (χ2n) is 2.78. The van der Waals surface area contributed by atoms with Crippen molar-refractivity contribution in [2.75, 3.05) is 5.32 Å². The lowest BCUT2D eigenvalue weighted by Crippen LogP contribution is -2.07. The molecule has 1 rings (SSSR count). The zero-order chi connectivity index (χ0) is 9.14. The van der Waals surface area contributed by atoms with Crippen LogP contribution in [-0.4, -0.2) is 5.91 Å². The predicted octanol–water partition coefficient (Wildman–Crippen LogP) is 2.14. The topological polar surface area (TPSA) is 29.1 Å². The van der Waals surface area contributed by atoms with Crippen molar-refractivity contribution < 1.29 is 4.79 Å². The van der Waals surface area contributed by atoms with E-state index in [1.165, 1.54) is 6.92 Å². The van der Waals surface area contributed by atoms with E-state index in [0.717, 1.165) is 16.8 Å². The third-order valence-electron chi connectivity index (χ3n) is 1.72. The average molecular weight is 162 g/mol. The van der Waals surface area contributed by atoms with Gasteiger partial charge in [-0.25, -0.2) is 0 Å². The lowest BCUT2D eigenvalue weighted by Gasteiger charge is -2.07. The van der Waals surface area contributed by atoms with Gasteiger partial charge in [0.25, 0.3) is 0 Å². The van der Waals surface area contributed by atoms with E-state index in [4.69, 9.17) is 0 Å². The molecule has 1 amide bonds. The molecular formula is C10H12NO. The molecule has 2 heteroatoms. The number of carbonyl (C=O) groups excluding carboxylic acids is 1. The van der Waals surface area contributed by atoms with Crippen molar-refractivity contribution in [2.24, 2.45) is 0 Å². The predicted molar refractivity (Wildman–Crippen MR) is 49.9 cm³/mol. The number of carbonyl (C=O) groups is 1. The molecule has 0 saturated carbocycles. The van der Waals surface area contributed by atoms with Crippen LogP contribution >= 0.6 is 0 Å². The van der Waals surface area contributed by atoms with E-state index in [1.807, 2.05) is 25.1 Å². The quantitative estimate of drug-likeness (QED) is 0.673. The fourth-order valence-corrected chi connectivity index (χ4v) is 1.01. The van der Waals surface area contributed by atoms with Gasteiger partial charge in [0, 0.05) is 12.6 Å². The minimum absolute atomic E-state index is 0.0644. The summed E-state index contributed by atoms with van der Waals surface area (Å²) < 4.78 is 0. The Hall–Kier alpha value is -1.31. The van der Waals surface area contributed by atoms with Gasteiger partial charge in [0.2, 0.25) is 5.91 Å². The van der Waals surface area contributed by atoms with Crippen LogP contribution in [0.15, 0.2) is 18.2 Å². The van der Waals surface area contributed by atoms with Gasteiger partial charge in [-0.05, 0) is 31.0 Å². The fraction of sp³-hybridized carbons (Fsp3) is 0.200. The van der Waals surface area contributed by atoms with Crippen molar-refractivity contribution in [1.82, 2.24) is 0 Å². The van der Waals surface area contributed by atoms with Gasteiger partial charge in [-0.1, -0.05) is 12.1 Å². The maximum atomic E-state index is 10.7. The van der Waals surface area contributed by atoms with E-state index in [0.29, 0.717) is 0 Å². The highest BCUT2D eigenvalue weighted by molar-refractivity contribution is 5.89. The number of rotatable bonds is 1. The first-order chi connectivity index (χ1) is 5.61. The normalized spacial score (nSPS) is 9.58. The van der Waals surface area contributed by atoms with Crippen LogP contribution in [0.4, 0.5) is 5.69 Å². The Morgan fingerprint density at radius 3 is 2.75 bits per heavy atom. The average Bonchev–Trinajstić information content (AvgIpc) is 1.98. The Labute approximate surface area is 72.6 Å². The maximum absolute atomic E-state index is 10.7. The monoisotopic (exact) mass is 162 g/mol. The largest absolute Gasteiger partial charge is 0.326 e. The number of hydrogen-bond donors (Lipinski definition) is 1. The molecule has 2 nitrogen and oxygen atoms in total. The first kappa shape index (κ1) is 8.78. The summed E-state index contributed by atoms with van der Waals surface area (Å²) >= 11 is 0. The van der Waals surface area contributed by atoms with Crippen LogP contribution in [0.1, 0.15) is 18.1 Å². The molecule has 1 radical (unpaired) electrons. The molecule has 0 unspecified atom stereocenters. The minimum atomic E-state index is -0.0644. The zero-order valence-corrected chi connectivity index (χ0v) is 7.35. The summed E-state index contributed by atoms with van der Waals surface area (Å²) in [6.45, 7) is 7.31. The molecule has 1 aromatic rings. The third kappa shape index (κ3) is 1.84. The number of amides is 1. The maximum Gasteiger partial charge on any atom is 0.221 e. The molecule has 0 atom stereocenters. The van der Waals surface area contributed by atoms with Crippen molar-refractivity contribution in [3.63, 3.8) is 0 Å². The number of hydrogen-bond acceptors (Lipinski definition) is 1. The molecule has 1 N–H and O–H groups in total. The van der Waals surface area contributed by atoms with Crippen molar-refractivity contribution in [1.29, 1.82) is 0 Å². The minimum Gasteiger partial charge on any atom is -0.326 e. The van der Waals surface area contributed by atoms with Crippen LogP contribution < -0.4 is 5.32 Å². The zero-order valence-electron chi connectivity index (χ0n) is 7.35. The molecule has 0 aliphatic heterocycles. The smallest absolute Gasteiger partial charge is 0.221 e. The van der Waals surface area contributed by atoms with Gasteiger partial charge in [0.05, 0.1) is 0 Å². The van der Waals surface area contributed by atoms with Gasteiger partial charge in [-0.3, -0.25) is 4.79 Å². The van der Waals surface area contributed by atoms with E-state index >= 15 is 0 Å². The highest BCUT2D eigenvalue weighted by atomic mass is 16.1. The molecule has 12 heavy (non-hydrogen) atoms. The molecule has 63 valence electrons. The molecule has 0 saturated heterocycles. The first-order valence-corrected chi connectivity index (χ1v) is 3.80. The molecule has 0 bridgehead atoms. The molecule has 0 aliphatic rings. The number of benzene rings is 1. The van der Waals surface area contributed by atoms with Gasteiger partial charge in [-0.15, -0.1) is 0 Å². The Bertz CT molecular complexity index is 305. The SMILES string of the molecule is [CH2]c1c(C)cccc1NC(C)=O.